The Bertz CT molecular complexity index is 1030. The van der Waals surface area contributed by atoms with Crippen LogP contribution in [-0.2, 0) is 0 Å². The van der Waals surface area contributed by atoms with Crippen molar-refractivity contribution < 1.29 is 0 Å². The highest BCUT2D eigenvalue weighted by atomic mass is 15.3. The number of anilines is 1. The Kier molecular flexibility index (Phi) is 5.20. The van der Waals surface area contributed by atoms with Gasteiger partial charge in [0.25, 0.3) is 0 Å². The van der Waals surface area contributed by atoms with Gasteiger partial charge in [0.1, 0.15) is 12.0 Å². The van der Waals surface area contributed by atoms with Gasteiger partial charge in [-0.1, -0.05) is 12.8 Å². The van der Waals surface area contributed by atoms with E-state index in [0.717, 1.165) is 35.1 Å². The highest BCUT2D eigenvalue weighted by Crippen LogP contribution is 2.38. The molecule has 1 aliphatic rings. The molecule has 0 aromatic carbocycles. The van der Waals surface area contributed by atoms with Crippen molar-refractivity contribution in [2.24, 2.45) is 5.92 Å². The largest absolute Gasteiger partial charge is 0.367 e. The summed E-state index contributed by atoms with van der Waals surface area (Å²) in [6.45, 7) is 0.508. The third kappa shape index (κ3) is 3.41. The Hall–Kier alpha value is -3.39. The summed E-state index contributed by atoms with van der Waals surface area (Å²) < 4.78 is 1.93. The first-order valence-electron chi connectivity index (χ1n) is 9.67. The molecular formula is C20H22N8. The minimum atomic E-state index is 0.0568. The molecule has 0 amide bonds. The van der Waals surface area contributed by atoms with Crippen LogP contribution in [-0.4, -0.2) is 31.3 Å². The van der Waals surface area contributed by atoms with E-state index >= 15 is 0 Å². The quantitative estimate of drug-likeness (QED) is 0.607. The van der Waals surface area contributed by atoms with Gasteiger partial charge in [0.2, 0.25) is 0 Å². The predicted octanol–water partition coefficient (Wildman–Crippen LogP) is 3.79. The maximum absolute atomic E-state index is 9.37. The van der Waals surface area contributed by atoms with Gasteiger partial charge in [-0.25, -0.2) is 9.97 Å². The molecule has 8 heteroatoms. The Morgan fingerprint density at radius 3 is 2.89 bits per heavy atom. The van der Waals surface area contributed by atoms with Crippen LogP contribution in [0, 0.1) is 28.6 Å². The summed E-state index contributed by atoms with van der Waals surface area (Å²) in [6.07, 6.45) is 10.9. The maximum atomic E-state index is 9.37. The standard InChI is InChI=1S/C20H22N8/c21-8-3-10-23-20-16(18-15-7-11-24-19(15)26-13-25-18)12-28(27-20)17(6-9-22)14-4-1-2-5-14/h7,11-14,17H,1-6,10H2,(H,23,27)(H,24,25,26). The van der Waals surface area contributed by atoms with Crippen molar-refractivity contribution in [1.29, 1.82) is 10.5 Å². The lowest BCUT2D eigenvalue weighted by Crippen LogP contribution is -2.18. The van der Waals surface area contributed by atoms with E-state index in [1.54, 1.807) is 0 Å². The first-order chi connectivity index (χ1) is 13.8. The number of aromatic amines is 1. The number of rotatable bonds is 7. The topological polar surface area (TPSA) is 119 Å². The van der Waals surface area contributed by atoms with E-state index < -0.39 is 0 Å². The zero-order chi connectivity index (χ0) is 19.3. The first-order valence-corrected chi connectivity index (χ1v) is 9.67. The summed E-state index contributed by atoms with van der Waals surface area (Å²) >= 11 is 0. The third-order valence-electron chi connectivity index (χ3n) is 5.45. The zero-order valence-corrected chi connectivity index (χ0v) is 15.6. The molecule has 3 heterocycles. The minimum absolute atomic E-state index is 0.0568. The van der Waals surface area contributed by atoms with E-state index in [2.05, 4.69) is 32.4 Å². The van der Waals surface area contributed by atoms with Crippen molar-refractivity contribution in [1.82, 2.24) is 24.7 Å². The molecule has 28 heavy (non-hydrogen) atoms. The van der Waals surface area contributed by atoms with Crippen molar-refractivity contribution in [3.05, 3.63) is 24.8 Å². The molecule has 8 nitrogen and oxygen atoms in total. The second-order valence-corrected chi connectivity index (χ2v) is 7.14. The molecule has 0 bridgehead atoms. The van der Waals surface area contributed by atoms with Crippen LogP contribution in [0.5, 0.6) is 0 Å². The van der Waals surface area contributed by atoms with Crippen LogP contribution < -0.4 is 5.32 Å². The summed E-state index contributed by atoms with van der Waals surface area (Å²) in [4.78, 5) is 11.9. The van der Waals surface area contributed by atoms with Crippen LogP contribution in [0.25, 0.3) is 22.3 Å². The number of hydrogen-bond donors (Lipinski definition) is 2. The predicted molar refractivity (Wildman–Crippen MR) is 105 cm³/mol. The van der Waals surface area contributed by atoms with E-state index in [4.69, 9.17) is 10.4 Å². The van der Waals surface area contributed by atoms with Gasteiger partial charge in [-0.05, 0) is 24.8 Å². The van der Waals surface area contributed by atoms with Gasteiger partial charge >= 0.3 is 0 Å². The van der Waals surface area contributed by atoms with E-state index in [-0.39, 0.29) is 6.04 Å². The molecular weight excluding hydrogens is 352 g/mol. The Morgan fingerprint density at radius 2 is 2.11 bits per heavy atom. The molecule has 0 radical (unpaired) electrons. The average molecular weight is 374 g/mol. The Labute approximate surface area is 163 Å². The van der Waals surface area contributed by atoms with Crippen molar-refractivity contribution in [2.75, 3.05) is 11.9 Å². The summed E-state index contributed by atoms with van der Waals surface area (Å²) in [7, 11) is 0. The summed E-state index contributed by atoms with van der Waals surface area (Å²) in [5.41, 5.74) is 2.43. The lowest BCUT2D eigenvalue weighted by Gasteiger charge is -2.21. The van der Waals surface area contributed by atoms with Gasteiger partial charge < -0.3 is 10.3 Å². The molecule has 3 aromatic heterocycles. The van der Waals surface area contributed by atoms with E-state index in [9.17, 15) is 5.26 Å². The fourth-order valence-corrected chi connectivity index (χ4v) is 4.10. The van der Waals surface area contributed by atoms with Gasteiger partial charge in [-0.2, -0.15) is 15.6 Å². The number of fused-ring (bicyclic) bond motifs is 1. The highest BCUT2D eigenvalue weighted by molar-refractivity contribution is 5.93. The van der Waals surface area contributed by atoms with Gasteiger partial charge in [0.15, 0.2) is 5.82 Å². The van der Waals surface area contributed by atoms with E-state index in [1.165, 1.54) is 19.2 Å². The monoisotopic (exact) mass is 374 g/mol. The molecule has 0 aliphatic heterocycles. The second kappa shape index (κ2) is 8.10. The SMILES string of the molecule is N#CCCNc1nn(C(CC#N)C2CCCC2)cc1-c1ncnc2[nH]ccc12. The average Bonchev–Trinajstić information content (AvgIpc) is 3.46. The van der Waals surface area contributed by atoms with Gasteiger partial charge in [0.05, 0.1) is 42.3 Å². The molecule has 1 atom stereocenters. The fraction of sp³-hybridized carbons (Fsp3) is 0.450. The van der Waals surface area contributed by atoms with Crippen molar-refractivity contribution in [3.63, 3.8) is 0 Å². The normalized spacial score (nSPS) is 15.4. The number of nitriles is 2. The van der Waals surface area contributed by atoms with E-state index in [1.807, 2.05) is 23.1 Å². The van der Waals surface area contributed by atoms with Gasteiger partial charge in [-0.15, -0.1) is 0 Å². The van der Waals surface area contributed by atoms with Crippen LogP contribution in [0.15, 0.2) is 24.8 Å². The Morgan fingerprint density at radius 1 is 1.25 bits per heavy atom. The summed E-state index contributed by atoms with van der Waals surface area (Å²) in [6, 6.07) is 6.49. The van der Waals surface area contributed by atoms with Crippen LogP contribution in [0.4, 0.5) is 5.82 Å². The molecule has 2 N–H and O–H groups in total. The van der Waals surface area contributed by atoms with Crippen LogP contribution in [0.2, 0.25) is 0 Å². The van der Waals surface area contributed by atoms with Gasteiger partial charge in [0, 0.05) is 24.3 Å². The van der Waals surface area contributed by atoms with Crippen LogP contribution >= 0.6 is 0 Å². The Balaban J connectivity index is 1.77. The lowest BCUT2D eigenvalue weighted by atomic mass is 9.96. The number of hydrogen-bond acceptors (Lipinski definition) is 6. The first kappa shape index (κ1) is 18.0. The smallest absolute Gasteiger partial charge is 0.157 e. The maximum Gasteiger partial charge on any atom is 0.157 e. The third-order valence-corrected chi connectivity index (χ3v) is 5.45. The second-order valence-electron chi connectivity index (χ2n) is 7.14. The minimum Gasteiger partial charge on any atom is -0.367 e. The molecule has 142 valence electrons. The molecule has 3 aromatic rings. The fourth-order valence-electron chi connectivity index (χ4n) is 4.10. The van der Waals surface area contributed by atoms with E-state index in [0.29, 0.717) is 31.1 Å². The van der Waals surface area contributed by atoms with Crippen molar-refractivity contribution in [3.8, 4) is 23.4 Å². The summed E-state index contributed by atoms with van der Waals surface area (Å²) in [5.74, 6) is 1.16. The lowest BCUT2D eigenvalue weighted by molar-refractivity contribution is 0.315. The van der Waals surface area contributed by atoms with Crippen LogP contribution in [0.3, 0.4) is 0 Å². The summed E-state index contributed by atoms with van der Waals surface area (Å²) in [5, 5.41) is 27.2. The highest BCUT2D eigenvalue weighted by Gasteiger charge is 2.28. The number of H-pyrrole nitrogens is 1. The molecule has 0 spiro atoms. The number of nitrogens with one attached hydrogen (secondary N) is 2. The zero-order valence-electron chi connectivity index (χ0n) is 15.6. The van der Waals surface area contributed by atoms with Crippen molar-refractivity contribution in [2.45, 2.75) is 44.6 Å². The van der Waals surface area contributed by atoms with Gasteiger partial charge in [-0.3, -0.25) is 4.68 Å². The molecule has 1 unspecified atom stereocenters. The molecule has 1 fully saturated rings. The van der Waals surface area contributed by atoms with Crippen molar-refractivity contribution >= 4 is 16.9 Å². The molecule has 4 rings (SSSR count). The number of nitrogens with zero attached hydrogens (tertiary/aromatic N) is 6. The number of aromatic nitrogens is 5. The molecule has 1 aliphatic carbocycles. The molecule has 0 saturated heterocycles. The molecule has 1 saturated carbocycles. The van der Waals surface area contributed by atoms with Crippen LogP contribution in [0.1, 0.15) is 44.6 Å².